The fourth-order valence-electron chi connectivity index (χ4n) is 2.46. The van der Waals surface area contributed by atoms with E-state index in [0.29, 0.717) is 17.2 Å². The van der Waals surface area contributed by atoms with Crippen molar-refractivity contribution in [3.05, 3.63) is 28.2 Å². The summed E-state index contributed by atoms with van der Waals surface area (Å²) in [6.07, 6.45) is 2.40. The lowest BCUT2D eigenvalue weighted by Gasteiger charge is -2.29. The van der Waals surface area contributed by atoms with E-state index in [9.17, 15) is 4.79 Å². The Morgan fingerprint density at radius 1 is 1.58 bits per heavy atom. The van der Waals surface area contributed by atoms with Crippen LogP contribution in [0.4, 0.5) is 5.69 Å². The first-order chi connectivity index (χ1) is 9.06. The summed E-state index contributed by atoms with van der Waals surface area (Å²) in [5, 5.41) is 3.00. The molecule has 0 spiro atoms. The maximum absolute atomic E-state index is 12.0. The Balaban J connectivity index is 1.88. The van der Waals surface area contributed by atoms with Gasteiger partial charge in [-0.25, -0.2) is 0 Å². The van der Waals surface area contributed by atoms with Crippen molar-refractivity contribution in [3.8, 4) is 0 Å². The zero-order valence-corrected chi connectivity index (χ0v) is 12.7. The predicted molar refractivity (Wildman–Crippen MR) is 81.1 cm³/mol. The minimum atomic E-state index is -0.0487. The van der Waals surface area contributed by atoms with E-state index < -0.39 is 0 Å². The molecule has 5 heteroatoms. The summed E-state index contributed by atoms with van der Waals surface area (Å²) in [4.78, 5) is 14.4. The van der Waals surface area contributed by atoms with Gasteiger partial charge in [-0.15, -0.1) is 0 Å². The standard InChI is InChI=1S/C14H20BrN3O/c1-18-6-2-3-10(9-18)8-17-14(19)11-4-5-12(15)13(16)7-11/h4-5,7,10H,2-3,6,8-9,16H2,1H3,(H,17,19). The Bertz CT molecular complexity index is 464. The summed E-state index contributed by atoms with van der Waals surface area (Å²) >= 11 is 3.32. The van der Waals surface area contributed by atoms with Crippen molar-refractivity contribution in [2.75, 3.05) is 32.4 Å². The summed E-state index contributed by atoms with van der Waals surface area (Å²) in [7, 11) is 2.13. The number of nitrogens with one attached hydrogen (secondary N) is 1. The third-order valence-electron chi connectivity index (χ3n) is 3.53. The SMILES string of the molecule is CN1CCCC(CNC(=O)c2ccc(Br)c(N)c2)C1. The topological polar surface area (TPSA) is 58.4 Å². The first-order valence-corrected chi connectivity index (χ1v) is 7.37. The largest absolute Gasteiger partial charge is 0.398 e. The van der Waals surface area contributed by atoms with Crippen molar-refractivity contribution < 1.29 is 4.79 Å². The lowest BCUT2D eigenvalue weighted by Crippen LogP contribution is -2.39. The van der Waals surface area contributed by atoms with Crippen LogP contribution < -0.4 is 11.1 Å². The summed E-state index contributed by atoms with van der Waals surface area (Å²) in [5.74, 6) is 0.503. The normalized spacial score (nSPS) is 20.2. The maximum atomic E-state index is 12.0. The molecular formula is C14H20BrN3O. The molecule has 4 nitrogen and oxygen atoms in total. The number of nitrogens with two attached hydrogens (primary N) is 1. The number of piperidine rings is 1. The molecule has 3 N–H and O–H groups in total. The van der Waals surface area contributed by atoms with Gasteiger partial charge in [0.05, 0.1) is 0 Å². The van der Waals surface area contributed by atoms with E-state index in [0.717, 1.165) is 24.1 Å². The lowest BCUT2D eigenvalue weighted by atomic mass is 9.98. The molecule has 0 aromatic heterocycles. The molecular weight excluding hydrogens is 306 g/mol. The fraction of sp³-hybridized carbons (Fsp3) is 0.500. The summed E-state index contributed by atoms with van der Waals surface area (Å²) in [5.41, 5.74) is 6.99. The zero-order chi connectivity index (χ0) is 13.8. The molecule has 1 unspecified atom stereocenters. The van der Waals surface area contributed by atoms with E-state index in [1.54, 1.807) is 18.2 Å². The van der Waals surface area contributed by atoms with Crippen molar-refractivity contribution in [1.29, 1.82) is 0 Å². The number of hydrogen-bond donors (Lipinski definition) is 2. The van der Waals surface area contributed by atoms with Crippen LogP contribution >= 0.6 is 15.9 Å². The van der Waals surface area contributed by atoms with Gasteiger partial charge >= 0.3 is 0 Å². The Labute approximate surface area is 122 Å². The van der Waals surface area contributed by atoms with E-state index >= 15 is 0 Å². The van der Waals surface area contributed by atoms with Crippen LogP contribution in [0, 0.1) is 5.92 Å². The average molecular weight is 326 g/mol. The molecule has 1 amide bonds. The molecule has 2 rings (SSSR count). The number of carbonyl (C=O) groups excluding carboxylic acids is 1. The van der Waals surface area contributed by atoms with Crippen LogP contribution in [0.1, 0.15) is 23.2 Å². The van der Waals surface area contributed by atoms with Gasteiger partial charge in [-0.3, -0.25) is 4.79 Å². The number of nitrogens with zero attached hydrogens (tertiary/aromatic N) is 1. The summed E-state index contributed by atoms with van der Waals surface area (Å²) < 4.78 is 0.818. The van der Waals surface area contributed by atoms with Crippen LogP contribution in [-0.2, 0) is 0 Å². The van der Waals surface area contributed by atoms with E-state index in [1.165, 1.54) is 12.8 Å². The molecule has 1 heterocycles. The molecule has 1 atom stereocenters. The minimum Gasteiger partial charge on any atom is -0.398 e. The van der Waals surface area contributed by atoms with Gasteiger partial charge in [0, 0.05) is 28.8 Å². The third kappa shape index (κ3) is 3.94. The maximum Gasteiger partial charge on any atom is 0.251 e. The van der Waals surface area contributed by atoms with Crippen LogP contribution in [0.2, 0.25) is 0 Å². The Morgan fingerprint density at radius 2 is 2.37 bits per heavy atom. The van der Waals surface area contributed by atoms with Gasteiger partial charge in [-0.2, -0.15) is 0 Å². The molecule has 0 saturated carbocycles. The molecule has 1 saturated heterocycles. The third-order valence-corrected chi connectivity index (χ3v) is 4.25. The molecule has 19 heavy (non-hydrogen) atoms. The first-order valence-electron chi connectivity index (χ1n) is 6.58. The number of benzene rings is 1. The number of likely N-dealkylation sites (tertiary alicyclic amines) is 1. The van der Waals surface area contributed by atoms with Gasteiger partial charge in [0.25, 0.3) is 5.91 Å². The molecule has 0 aliphatic carbocycles. The second-order valence-electron chi connectivity index (χ2n) is 5.22. The van der Waals surface area contributed by atoms with Crippen molar-refractivity contribution >= 4 is 27.5 Å². The van der Waals surface area contributed by atoms with Crippen LogP contribution in [0.5, 0.6) is 0 Å². The minimum absolute atomic E-state index is 0.0487. The van der Waals surface area contributed by atoms with Crippen molar-refractivity contribution in [2.45, 2.75) is 12.8 Å². The first kappa shape index (κ1) is 14.3. The van der Waals surface area contributed by atoms with Gasteiger partial charge < -0.3 is 16.0 Å². The number of hydrogen-bond acceptors (Lipinski definition) is 3. The second kappa shape index (κ2) is 6.39. The van der Waals surface area contributed by atoms with Crippen molar-refractivity contribution in [3.63, 3.8) is 0 Å². The van der Waals surface area contributed by atoms with Gasteiger partial charge in [-0.1, -0.05) is 0 Å². The van der Waals surface area contributed by atoms with Crippen molar-refractivity contribution in [1.82, 2.24) is 10.2 Å². The molecule has 0 bridgehead atoms. The number of nitrogen functional groups attached to an aromatic ring is 1. The monoisotopic (exact) mass is 325 g/mol. The quantitative estimate of drug-likeness (QED) is 0.837. The highest BCUT2D eigenvalue weighted by atomic mass is 79.9. The predicted octanol–water partition coefficient (Wildman–Crippen LogP) is 2.10. The van der Waals surface area contributed by atoms with E-state index in [2.05, 4.69) is 33.2 Å². The Hall–Kier alpha value is -1.07. The zero-order valence-electron chi connectivity index (χ0n) is 11.2. The highest BCUT2D eigenvalue weighted by Gasteiger charge is 2.18. The molecule has 1 fully saturated rings. The number of halogens is 1. The second-order valence-corrected chi connectivity index (χ2v) is 6.07. The molecule has 1 aromatic rings. The lowest BCUT2D eigenvalue weighted by molar-refractivity contribution is 0.0937. The highest BCUT2D eigenvalue weighted by Crippen LogP contribution is 2.20. The Kier molecular flexibility index (Phi) is 4.82. The van der Waals surface area contributed by atoms with Crippen LogP contribution in [0.25, 0.3) is 0 Å². The number of anilines is 1. The van der Waals surface area contributed by atoms with E-state index in [1.807, 2.05) is 0 Å². The molecule has 0 radical (unpaired) electrons. The van der Waals surface area contributed by atoms with Gasteiger partial charge in [0.2, 0.25) is 0 Å². The van der Waals surface area contributed by atoms with Crippen LogP contribution in [0.3, 0.4) is 0 Å². The van der Waals surface area contributed by atoms with E-state index in [4.69, 9.17) is 5.73 Å². The van der Waals surface area contributed by atoms with Crippen LogP contribution in [0.15, 0.2) is 22.7 Å². The Morgan fingerprint density at radius 3 is 3.05 bits per heavy atom. The fourth-order valence-corrected chi connectivity index (χ4v) is 2.71. The van der Waals surface area contributed by atoms with Gasteiger partial charge in [-0.05, 0) is 66.5 Å². The number of amides is 1. The summed E-state index contributed by atoms with van der Waals surface area (Å²) in [6, 6.07) is 5.29. The summed E-state index contributed by atoms with van der Waals surface area (Å²) in [6.45, 7) is 2.95. The van der Waals surface area contributed by atoms with Gasteiger partial charge in [0.15, 0.2) is 0 Å². The molecule has 1 aromatic carbocycles. The molecule has 1 aliphatic rings. The number of carbonyl (C=O) groups is 1. The van der Waals surface area contributed by atoms with Gasteiger partial charge in [0.1, 0.15) is 0 Å². The highest BCUT2D eigenvalue weighted by molar-refractivity contribution is 9.10. The van der Waals surface area contributed by atoms with Crippen LogP contribution in [-0.4, -0.2) is 37.5 Å². The van der Waals surface area contributed by atoms with Crippen molar-refractivity contribution in [2.24, 2.45) is 5.92 Å². The number of rotatable bonds is 3. The molecule has 1 aliphatic heterocycles. The molecule has 104 valence electrons. The smallest absolute Gasteiger partial charge is 0.251 e. The average Bonchev–Trinajstić information content (AvgIpc) is 2.39. The van der Waals surface area contributed by atoms with E-state index in [-0.39, 0.29) is 5.91 Å².